The molecule has 0 N–H and O–H groups in total. The van der Waals surface area contributed by atoms with E-state index >= 15 is 0 Å². The third kappa shape index (κ3) is 7.39. The van der Waals surface area contributed by atoms with Crippen molar-refractivity contribution in [3.05, 3.63) is 266 Å². The van der Waals surface area contributed by atoms with Crippen LogP contribution >= 0.6 is 0 Å². The van der Waals surface area contributed by atoms with Crippen molar-refractivity contribution in [1.82, 2.24) is 28.7 Å². The maximum absolute atomic E-state index is 10.3. The minimum atomic E-state index is 0.519. The van der Waals surface area contributed by atoms with Gasteiger partial charge in [0.25, 0.3) is 0 Å². The van der Waals surface area contributed by atoms with Crippen LogP contribution in [0.25, 0.3) is 139 Å². The average Bonchev–Trinajstić information content (AvgIpc) is 4.26. The fraction of sp³-hybridized carbons (Fsp3) is 0. The maximum atomic E-state index is 10.3. The molecule has 0 aliphatic rings. The van der Waals surface area contributed by atoms with E-state index in [1.807, 2.05) is 97.1 Å². The normalized spacial score (nSPS) is 11.5. The van der Waals surface area contributed by atoms with E-state index in [2.05, 4.69) is 184 Å². The molecule has 4 heterocycles. The average molecular weight is 1010 g/mol. The second-order valence-corrected chi connectivity index (χ2v) is 19.8. The van der Waals surface area contributed by atoms with Gasteiger partial charge in [0.05, 0.1) is 62.1 Å². The van der Waals surface area contributed by atoms with Crippen LogP contribution in [-0.2, 0) is 0 Å². The minimum absolute atomic E-state index is 0.519. The van der Waals surface area contributed by atoms with Gasteiger partial charge in [0, 0.05) is 71.5 Å². The number of aromatic nitrogens is 6. The summed E-state index contributed by atoms with van der Waals surface area (Å²) < 4.78 is 6.98. The first-order valence-electron chi connectivity index (χ1n) is 26.2. The number of para-hydroxylation sites is 4. The Hall–Kier alpha value is -11.2. The van der Waals surface area contributed by atoms with Gasteiger partial charge in [-0.2, -0.15) is 10.5 Å². The zero-order valence-corrected chi connectivity index (χ0v) is 42.3. The number of fused-ring (bicyclic) bond motifs is 9. The molecule has 0 unspecified atom stereocenters. The van der Waals surface area contributed by atoms with Gasteiger partial charge < -0.3 is 13.7 Å². The maximum Gasteiger partial charge on any atom is 0.164 e. The van der Waals surface area contributed by atoms with Crippen molar-refractivity contribution < 1.29 is 0 Å². The fourth-order valence-electron chi connectivity index (χ4n) is 11.8. The summed E-state index contributed by atoms with van der Waals surface area (Å²) in [7, 11) is 0. The van der Waals surface area contributed by atoms with Crippen LogP contribution in [0.15, 0.2) is 255 Å². The van der Waals surface area contributed by atoms with E-state index in [9.17, 15) is 10.5 Å². The summed E-state index contributed by atoms with van der Waals surface area (Å²) in [5.74, 6) is 1.64. The molecule has 15 aromatic rings. The molecule has 0 saturated heterocycles. The molecule has 0 atom stereocenters. The van der Waals surface area contributed by atoms with Crippen LogP contribution in [0.2, 0.25) is 0 Å². The summed E-state index contributed by atoms with van der Waals surface area (Å²) >= 11 is 0. The van der Waals surface area contributed by atoms with Gasteiger partial charge in [-0.05, 0) is 108 Å². The van der Waals surface area contributed by atoms with Crippen molar-refractivity contribution >= 4 is 65.4 Å². The summed E-state index contributed by atoms with van der Waals surface area (Å²) in [5, 5.41) is 27.1. The van der Waals surface area contributed by atoms with Gasteiger partial charge in [-0.1, -0.05) is 158 Å². The van der Waals surface area contributed by atoms with Crippen LogP contribution in [0.4, 0.5) is 0 Å². The SMILES string of the molecule is N#Cc1ccc2c(c1)c1cc(C#N)ccc1n2-c1c(-c2ccc(-n3c4ccccc4c4ccccc43)cc2)cc(-c2nc(-c3ccccc3)nc(-c3ccccc3)n2)cc1-c1ccc(-n2c3ccccc3c3ccccc32)cc1. The molecular formula is C71H42N8. The first-order chi connectivity index (χ1) is 39.1. The van der Waals surface area contributed by atoms with E-state index in [1.165, 1.54) is 21.5 Å². The number of nitrogens with zero attached hydrogens (tertiary/aromatic N) is 8. The molecule has 366 valence electrons. The van der Waals surface area contributed by atoms with Crippen LogP contribution in [-0.4, -0.2) is 28.7 Å². The smallest absolute Gasteiger partial charge is 0.164 e. The lowest BCUT2D eigenvalue weighted by atomic mass is 9.92. The molecule has 4 aromatic heterocycles. The lowest BCUT2D eigenvalue weighted by Gasteiger charge is -2.22. The molecule has 8 heteroatoms. The third-order valence-corrected chi connectivity index (χ3v) is 15.3. The standard InChI is InChI=1S/C71H42N8/c72-43-45-27-37-66-60(39-45)61-40-46(44-73)28-38-67(61)79(66)68-58(47-29-33-52(34-30-47)77-62-23-11-7-19-54(62)55-20-8-12-24-63(55)77)41-51(71-75-69(49-15-3-1-4-16-49)74-70(76-71)50-17-5-2-6-18-50)42-59(68)48-31-35-53(36-32-48)78-64-25-13-9-21-56(64)57-22-10-14-26-65(57)78/h1-42H. The van der Waals surface area contributed by atoms with Gasteiger partial charge in [-0.15, -0.1) is 0 Å². The zero-order valence-electron chi connectivity index (χ0n) is 42.3. The number of rotatable bonds is 8. The van der Waals surface area contributed by atoms with Crippen molar-refractivity contribution in [2.75, 3.05) is 0 Å². The largest absolute Gasteiger partial charge is 0.309 e. The molecule has 0 aliphatic carbocycles. The third-order valence-electron chi connectivity index (χ3n) is 15.3. The van der Waals surface area contributed by atoms with Crippen LogP contribution in [0.5, 0.6) is 0 Å². The second kappa shape index (κ2) is 18.3. The molecule has 15 rings (SSSR count). The Morgan fingerprint density at radius 1 is 0.266 bits per heavy atom. The van der Waals surface area contributed by atoms with E-state index < -0.39 is 0 Å². The molecule has 0 bridgehead atoms. The molecule has 0 aliphatic heterocycles. The van der Waals surface area contributed by atoms with E-state index in [0.717, 1.165) is 99.9 Å². The highest BCUT2D eigenvalue weighted by Crippen LogP contribution is 2.45. The fourth-order valence-corrected chi connectivity index (χ4v) is 11.8. The van der Waals surface area contributed by atoms with E-state index in [4.69, 9.17) is 15.0 Å². The highest BCUT2D eigenvalue weighted by Gasteiger charge is 2.25. The van der Waals surface area contributed by atoms with Crippen molar-refractivity contribution in [3.63, 3.8) is 0 Å². The van der Waals surface area contributed by atoms with Crippen LogP contribution in [0, 0.1) is 22.7 Å². The quantitative estimate of drug-likeness (QED) is 0.151. The number of hydrogen-bond donors (Lipinski definition) is 0. The van der Waals surface area contributed by atoms with Crippen molar-refractivity contribution in [2.45, 2.75) is 0 Å². The highest BCUT2D eigenvalue weighted by molar-refractivity contribution is 6.13. The van der Waals surface area contributed by atoms with E-state index in [0.29, 0.717) is 28.6 Å². The first-order valence-corrected chi connectivity index (χ1v) is 26.2. The van der Waals surface area contributed by atoms with Crippen LogP contribution < -0.4 is 0 Å². The number of nitriles is 2. The zero-order chi connectivity index (χ0) is 52.6. The molecule has 11 aromatic carbocycles. The van der Waals surface area contributed by atoms with E-state index in [-0.39, 0.29) is 0 Å². The lowest BCUT2D eigenvalue weighted by molar-refractivity contribution is 1.07. The van der Waals surface area contributed by atoms with Gasteiger partial charge >= 0.3 is 0 Å². The highest BCUT2D eigenvalue weighted by atomic mass is 15.0. The predicted molar refractivity (Wildman–Crippen MR) is 319 cm³/mol. The second-order valence-electron chi connectivity index (χ2n) is 19.8. The van der Waals surface area contributed by atoms with Crippen molar-refractivity contribution in [2.24, 2.45) is 0 Å². The summed E-state index contributed by atoms with van der Waals surface area (Å²) in [6.45, 7) is 0. The molecule has 79 heavy (non-hydrogen) atoms. The lowest BCUT2D eigenvalue weighted by Crippen LogP contribution is -2.04. The Bertz CT molecular complexity index is 4600. The summed E-state index contributed by atoms with van der Waals surface area (Å²) in [6.07, 6.45) is 0. The Labute approximate surface area is 453 Å². The molecule has 0 fully saturated rings. The monoisotopic (exact) mass is 1010 g/mol. The molecule has 0 spiro atoms. The van der Waals surface area contributed by atoms with Crippen LogP contribution in [0.3, 0.4) is 0 Å². The van der Waals surface area contributed by atoms with Gasteiger partial charge in [-0.3, -0.25) is 0 Å². The van der Waals surface area contributed by atoms with E-state index in [1.54, 1.807) is 0 Å². The van der Waals surface area contributed by atoms with Gasteiger partial charge in [0.2, 0.25) is 0 Å². The number of hydrogen-bond acceptors (Lipinski definition) is 5. The summed E-state index contributed by atoms with van der Waals surface area (Å²) in [5.41, 5.74) is 16.6. The topological polar surface area (TPSA) is 101 Å². The number of benzene rings is 11. The molecular weight excluding hydrogens is 965 g/mol. The Morgan fingerprint density at radius 2 is 0.595 bits per heavy atom. The summed E-state index contributed by atoms with van der Waals surface area (Å²) in [4.78, 5) is 15.7. The molecule has 0 amide bonds. The summed E-state index contributed by atoms with van der Waals surface area (Å²) in [6, 6.07) is 92.9. The van der Waals surface area contributed by atoms with Crippen molar-refractivity contribution in [3.8, 4) is 85.6 Å². The van der Waals surface area contributed by atoms with Gasteiger partial charge in [-0.25, -0.2) is 15.0 Å². The molecule has 0 radical (unpaired) electrons. The van der Waals surface area contributed by atoms with Gasteiger partial charge in [0.15, 0.2) is 17.5 Å². The minimum Gasteiger partial charge on any atom is -0.309 e. The predicted octanol–water partition coefficient (Wildman–Crippen LogP) is 17.2. The molecule has 8 nitrogen and oxygen atoms in total. The first kappa shape index (κ1) is 45.2. The van der Waals surface area contributed by atoms with Crippen LogP contribution in [0.1, 0.15) is 11.1 Å². The van der Waals surface area contributed by atoms with Crippen molar-refractivity contribution in [1.29, 1.82) is 10.5 Å². The Balaban J connectivity index is 1.04. The molecule has 0 saturated carbocycles. The van der Waals surface area contributed by atoms with Gasteiger partial charge in [0.1, 0.15) is 0 Å². The Morgan fingerprint density at radius 3 is 0.962 bits per heavy atom. The Kier molecular flexibility index (Phi) is 10.5.